The Labute approximate surface area is 94.4 Å². The minimum absolute atomic E-state index is 0.0473. The SMILES string of the molecule is O=C(NCc1ccccn1)N1CCOCC1. The summed E-state index contributed by atoms with van der Waals surface area (Å²) < 4.78 is 5.18. The van der Waals surface area contributed by atoms with Gasteiger partial charge in [-0.3, -0.25) is 4.98 Å². The molecule has 16 heavy (non-hydrogen) atoms. The summed E-state index contributed by atoms with van der Waals surface area (Å²) in [5.74, 6) is 0. The van der Waals surface area contributed by atoms with E-state index < -0.39 is 0 Å². The van der Waals surface area contributed by atoms with Crippen LogP contribution in [0.2, 0.25) is 0 Å². The molecule has 0 unspecified atom stereocenters. The Morgan fingerprint density at radius 2 is 2.25 bits per heavy atom. The average Bonchev–Trinajstić information content (AvgIpc) is 2.38. The van der Waals surface area contributed by atoms with Gasteiger partial charge < -0.3 is 15.0 Å². The van der Waals surface area contributed by atoms with Gasteiger partial charge in [0.1, 0.15) is 0 Å². The normalized spacial score (nSPS) is 15.9. The van der Waals surface area contributed by atoms with Gasteiger partial charge in [0.25, 0.3) is 0 Å². The molecule has 2 rings (SSSR count). The average molecular weight is 221 g/mol. The highest BCUT2D eigenvalue weighted by Crippen LogP contribution is 1.98. The van der Waals surface area contributed by atoms with Crippen LogP contribution in [0.15, 0.2) is 24.4 Å². The number of morpholine rings is 1. The number of pyridine rings is 1. The maximum absolute atomic E-state index is 11.7. The Kier molecular flexibility index (Phi) is 3.71. The van der Waals surface area contributed by atoms with Crippen molar-refractivity contribution in [2.75, 3.05) is 26.3 Å². The Hall–Kier alpha value is -1.62. The molecule has 1 fully saturated rings. The lowest BCUT2D eigenvalue weighted by atomic mass is 10.3. The second kappa shape index (κ2) is 5.46. The van der Waals surface area contributed by atoms with E-state index >= 15 is 0 Å². The van der Waals surface area contributed by atoms with Gasteiger partial charge in [-0.1, -0.05) is 6.07 Å². The van der Waals surface area contributed by atoms with Crippen molar-refractivity contribution >= 4 is 6.03 Å². The van der Waals surface area contributed by atoms with E-state index in [2.05, 4.69) is 10.3 Å². The molecule has 0 atom stereocenters. The van der Waals surface area contributed by atoms with Crippen LogP contribution in [0.25, 0.3) is 0 Å². The van der Waals surface area contributed by atoms with Crippen LogP contribution in [0.1, 0.15) is 5.69 Å². The van der Waals surface area contributed by atoms with Crippen molar-refractivity contribution in [2.45, 2.75) is 6.54 Å². The summed E-state index contributed by atoms with van der Waals surface area (Å²) in [6.45, 7) is 3.03. The van der Waals surface area contributed by atoms with Gasteiger partial charge in [0.15, 0.2) is 0 Å². The third-order valence-corrected chi connectivity index (χ3v) is 2.45. The molecule has 0 aliphatic carbocycles. The first kappa shape index (κ1) is 10.9. The molecule has 0 spiro atoms. The first-order chi connectivity index (χ1) is 7.86. The molecule has 0 aromatic carbocycles. The number of aromatic nitrogens is 1. The Balaban J connectivity index is 1.79. The van der Waals surface area contributed by atoms with E-state index in [0.717, 1.165) is 5.69 Å². The highest BCUT2D eigenvalue weighted by Gasteiger charge is 2.15. The largest absolute Gasteiger partial charge is 0.378 e. The quantitative estimate of drug-likeness (QED) is 0.796. The second-order valence-corrected chi connectivity index (χ2v) is 3.58. The molecule has 5 heteroatoms. The summed E-state index contributed by atoms with van der Waals surface area (Å²) in [6.07, 6.45) is 1.72. The summed E-state index contributed by atoms with van der Waals surface area (Å²) >= 11 is 0. The maximum atomic E-state index is 11.7. The Morgan fingerprint density at radius 3 is 2.94 bits per heavy atom. The van der Waals surface area contributed by atoms with Gasteiger partial charge in [-0.15, -0.1) is 0 Å². The zero-order valence-electron chi connectivity index (χ0n) is 9.06. The first-order valence-electron chi connectivity index (χ1n) is 5.37. The van der Waals surface area contributed by atoms with E-state index in [1.165, 1.54) is 0 Å². The number of nitrogens with zero attached hydrogens (tertiary/aromatic N) is 2. The molecule has 1 aliphatic rings. The van der Waals surface area contributed by atoms with Crippen LogP contribution in [0.5, 0.6) is 0 Å². The molecule has 1 N–H and O–H groups in total. The summed E-state index contributed by atoms with van der Waals surface area (Å²) in [4.78, 5) is 17.6. The fourth-order valence-corrected chi connectivity index (χ4v) is 1.55. The lowest BCUT2D eigenvalue weighted by Crippen LogP contribution is -2.45. The molecule has 0 bridgehead atoms. The molecule has 0 saturated carbocycles. The summed E-state index contributed by atoms with van der Waals surface area (Å²) in [6, 6.07) is 5.60. The molecule has 5 nitrogen and oxygen atoms in total. The van der Waals surface area contributed by atoms with Crippen molar-refractivity contribution in [3.63, 3.8) is 0 Å². The van der Waals surface area contributed by atoms with Crippen molar-refractivity contribution in [1.82, 2.24) is 15.2 Å². The summed E-state index contributed by atoms with van der Waals surface area (Å²) in [5.41, 5.74) is 0.865. The molecule has 0 radical (unpaired) electrons. The zero-order chi connectivity index (χ0) is 11.2. The lowest BCUT2D eigenvalue weighted by Gasteiger charge is -2.26. The molecule has 1 aromatic heterocycles. The minimum Gasteiger partial charge on any atom is -0.378 e. The fourth-order valence-electron chi connectivity index (χ4n) is 1.55. The highest BCUT2D eigenvalue weighted by atomic mass is 16.5. The van der Waals surface area contributed by atoms with E-state index in [1.54, 1.807) is 11.1 Å². The van der Waals surface area contributed by atoms with Crippen LogP contribution in [-0.2, 0) is 11.3 Å². The molecular weight excluding hydrogens is 206 g/mol. The monoisotopic (exact) mass is 221 g/mol. The number of amides is 2. The Morgan fingerprint density at radius 1 is 1.44 bits per heavy atom. The number of carbonyl (C=O) groups excluding carboxylic acids is 1. The molecule has 1 saturated heterocycles. The van der Waals surface area contributed by atoms with Gasteiger partial charge in [-0.05, 0) is 12.1 Å². The van der Waals surface area contributed by atoms with E-state index in [1.807, 2.05) is 18.2 Å². The number of nitrogens with one attached hydrogen (secondary N) is 1. The predicted molar refractivity (Wildman–Crippen MR) is 58.9 cm³/mol. The van der Waals surface area contributed by atoms with E-state index in [-0.39, 0.29) is 6.03 Å². The third-order valence-electron chi connectivity index (χ3n) is 2.45. The zero-order valence-corrected chi connectivity index (χ0v) is 9.06. The van der Waals surface area contributed by atoms with E-state index in [4.69, 9.17) is 4.74 Å². The molecule has 2 amide bonds. The number of hydrogen-bond donors (Lipinski definition) is 1. The van der Waals surface area contributed by atoms with Crippen LogP contribution in [-0.4, -0.2) is 42.2 Å². The molecule has 1 aromatic rings. The highest BCUT2D eigenvalue weighted by molar-refractivity contribution is 5.74. The van der Waals surface area contributed by atoms with Crippen molar-refractivity contribution < 1.29 is 9.53 Å². The first-order valence-corrected chi connectivity index (χ1v) is 5.37. The van der Waals surface area contributed by atoms with Crippen LogP contribution in [0, 0.1) is 0 Å². The topological polar surface area (TPSA) is 54.5 Å². The van der Waals surface area contributed by atoms with Crippen molar-refractivity contribution in [1.29, 1.82) is 0 Å². The molecule has 86 valence electrons. The van der Waals surface area contributed by atoms with Gasteiger partial charge >= 0.3 is 6.03 Å². The van der Waals surface area contributed by atoms with E-state index in [0.29, 0.717) is 32.8 Å². The number of urea groups is 1. The third kappa shape index (κ3) is 2.93. The molecule has 1 aliphatic heterocycles. The van der Waals surface area contributed by atoms with Crippen molar-refractivity contribution in [3.05, 3.63) is 30.1 Å². The maximum Gasteiger partial charge on any atom is 0.317 e. The van der Waals surface area contributed by atoms with Gasteiger partial charge in [0.05, 0.1) is 25.5 Å². The van der Waals surface area contributed by atoms with Gasteiger partial charge in [-0.2, -0.15) is 0 Å². The number of hydrogen-bond acceptors (Lipinski definition) is 3. The van der Waals surface area contributed by atoms with Crippen molar-refractivity contribution in [3.8, 4) is 0 Å². The van der Waals surface area contributed by atoms with Crippen molar-refractivity contribution in [2.24, 2.45) is 0 Å². The molecular formula is C11H15N3O2. The van der Waals surface area contributed by atoms with Gasteiger partial charge in [0, 0.05) is 19.3 Å². The van der Waals surface area contributed by atoms with Crippen LogP contribution >= 0.6 is 0 Å². The predicted octanol–water partition coefficient (Wildman–Crippen LogP) is 0.623. The number of carbonyl (C=O) groups is 1. The van der Waals surface area contributed by atoms with Crippen LogP contribution < -0.4 is 5.32 Å². The number of ether oxygens (including phenoxy) is 1. The lowest BCUT2D eigenvalue weighted by molar-refractivity contribution is 0.0531. The fraction of sp³-hybridized carbons (Fsp3) is 0.455. The number of rotatable bonds is 2. The minimum atomic E-state index is -0.0473. The van der Waals surface area contributed by atoms with Crippen LogP contribution in [0.3, 0.4) is 0 Å². The summed E-state index contributed by atoms with van der Waals surface area (Å²) in [7, 11) is 0. The molecule has 2 heterocycles. The van der Waals surface area contributed by atoms with Gasteiger partial charge in [0.2, 0.25) is 0 Å². The van der Waals surface area contributed by atoms with Crippen LogP contribution in [0.4, 0.5) is 4.79 Å². The summed E-state index contributed by atoms with van der Waals surface area (Å²) in [5, 5.41) is 2.84. The second-order valence-electron chi connectivity index (χ2n) is 3.58. The Bertz CT molecular complexity index is 336. The van der Waals surface area contributed by atoms with Gasteiger partial charge in [-0.25, -0.2) is 4.79 Å². The smallest absolute Gasteiger partial charge is 0.317 e. The van der Waals surface area contributed by atoms with E-state index in [9.17, 15) is 4.79 Å². The standard InChI is InChI=1S/C11H15N3O2/c15-11(14-5-7-16-8-6-14)13-9-10-3-1-2-4-12-10/h1-4H,5-9H2,(H,13,15).